The molecular weight excluding hydrogens is 195 g/mol. The highest BCUT2D eigenvalue weighted by Crippen LogP contribution is 2.21. The summed E-state index contributed by atoms with van der Waals surface area (Å²) in [5.74, 6) is 0. The molecular formula is C10H15FN4. The van der Waals surface area contributed by atoms with Crippen molar-refractivity contribution in [1.29, 1.82) is 0 Å². The smallest absolute Gasteiger partial charge is 0.115 e. The molecule has 15 heavy (non-hydrogen) atoms. The number of nitrogens with two attached hydrogens (primary N) is 1. The molecule has 2 N–H and O–H groups in total. The highest BCUT2D eigenvalue weighted by Gasteiger charge is 2.30. The fourth-order valence-corrected chi connectivity index (χ4v) is 2.01. The Hall–Kier alpha value is -1.07. The first kappa shape index (κ1) is 10.4. The third-order valence-electron chi connectivity index (χ3n) is 2.75. The maximum atomic E-state index is 13.2. The monoisotopic (exact) mass is 210 g/mol. The summed E-state index contributed by atoms with van der Waals surface area (Å²) in [5.41, 5.74) is 6.61. The van der Waals surface area contributed by atoms with Crippen molar-refractivity contribution in [1.82, 2.24) is 14.9 Å². The summed E-state index contributed by atoms with van der Waals surface area (Å²) < 4.78 is 13.2. The van der Waals surface area contributed by atoms with Crippen molar-refractivity contribution in [3.8, 4) is 0 Å². The average molecular weight is 210 g/mol. The van der Waals surface area contributed by atoms with Crippen molar-refractivity contribution in [2.75, 3.05) is 13.1 Å². The molecule has 5 heteroatoms. The van der Waals surface area contributed by atoms with E-state index in [4.69, 9.17) is 5.73 Å². The van der Waals surface area contributed by atoms with Crippen molar-refractivity contribution < 1.29 is 4.39 Å². The fourth-order valence-electron chi connectivity index (χ4n) is 2.01. The Balaban J connectivity index is 2.00. The fraction of sp³-hybridized carbons (Fsp3) is 0.600. The summed E-state index contributed by atoms with van der Waals surface area (Å²) in [7, 11) is 0. The van der Waals surface area contributed by atoms with Crippen molar-refractivity contribution in [3.05, 3.63) is 24.3 Å². The molecule has 0 spiro atoms. The first-order valence-corrected chi connectivity index (χ1v) is 5.11. The van der Waals surface area contributed by atoms with Crippen molar-refractivity contribution in [2.45, 2.75) is 25.2 Å². The molecule has 82 valence electrons. The molecule has 2 rings (SSSR count). The molecule has 0 aromatic carbocycles. The van der Waals surface area contributed by atoms with Crippen molar-refractivity contribution in [3.63, 3.8) is 0 Å². The van der Waals surface area contributed by atoms with E-state index in [1.165, 1.54) is 6.33 Å². The Kier molecular flexibility index (Phi) is 3.23. The number of nitrogens with zero attached hydrogens (tertiary/aromatic N) is 3. The maximum absolute atomic E-state index is 13.2. The molecule has 1 aliphatic heterocycles. The van der Waals surface area contributed by atoms with Gasteiger partial charge in [-0.05, 0) is 6.42 Å². The molecule has 1 aliphatic rings. The lowest BCUT2D eigenvalue weighted by atomic mass is 10.2. The number of aromatic nitrogens is 2. The summed E-state index contributed by atoms with van der Waals surface area (Å²) in [6.07, 6.45) is 4.80. The Morgan fingerprint density at radius 2 is 2.20 bits per heavy atom. The van der Waals surface area contributed by atoms with Gasteiger partial charge >= 0.3 is 0 Å². The highest BCUT2D eigenvalue weighted by molar-refractivity contribution is 5.03. The minimum absolute atomic E-state index is 0.153. The number of hydrogen-bond acceptors (Lipinski definition) is 4. The van der Waals surface area contributed by atoms with Gasteiger partial charge in [0.25, 0.3) is 0 Å². The van der Waals surface area contributed by atoms with Crippen LogP contribution >= 0.6 is 0 Å². The lowest BCUT2D eigenvalue weighted by Gasteiger charge is -2.22. The summed E-state index contributed by atoms with van der Waals surface area (Å²) in [6, 6.07) is 0.153. The molecule has 0 aliphatic carbocycles. The lowest BCUT2D eigenvalue weighted by Crippen LogP contribution is -2.34. The van der Waals surface area contributed by atoms with E-state index >= 15 is 0 Å². The molecule has 1 fully saturated rings. The van der Waals surface area contributed by atoms with Crippen LogP contribution in [0.4, 0.5) is 4.39 Å². The van der Waals surface area contributed by atoms with Crippen LogP contribution in [-0.2, 0) is 6.54 Å². The molecule has 0 amide bonds. The van der Waals surface area contributed by atoms with Crippen LogP contribution in [0.1, 0.15) is 12.0 Å². The molecule has 2 atom stereocenters. The van der Waals surface area contributed by atoms with Gasteiger partial charge in [-0.2, -0.15) is 0 Å². The van der Waals surface area contributed by atoms with Crippen LogP contribution in [0.5, 0.6) is 0 Å². The van der Waals surface area contributed by atoms with Gasteiger partial charge in [-0.25, -0.2) is 14.4 Å². The molecule has 1 aromatic rings. The first-order valence-electron chi connectivity index (χ1n) is 5.11. The molecule has 0 unspecified atom stereocenters. The van der Waals surface area contributed by atoms with E-state index < -0.39 is 6.17 Å². The number of halogens is 1. The minimum Gasteiger partial charge on any atom is -0.329 e. The summed E-state index contributed by atoms with van der Waals surface area (Å²) >= 11 is 0. The minimum atomic E-state index is -0.747. The third-order valence-corrected chi connectivity index (χ3v) is 2.75. The number of rotatable bonds is 3. The van der Waals surface area contributed by atoms with Gasteiger partial charge in [-0.1, -0.05) is 0 Å². The van der Waals surface area contributed by atoms with E-state index in [1.807, 2.05) is 0 Å². The van der Waals surface area contributed by atoms with Gasteiger partial charge < -0.3 is 5.73 Å². The second-order valence-electron chi connectivity index (χ2n) is 3.90. The standard InChI is InChI=1S/C10H15FN4/c11-9-1-10(2-12)15(6-9)5-8-3-13-7-14-4-8/h3-4,7,9-10H,1-2,5-6,12H2/t9-,10-/m0/s1. The SMILES string of the molecule is NC[C@@H]1C[C@H](F)CN1Cc1cncnc1. The van der Waals surface area contributed by atoms with Crippen molar-refractivity contribution in [2.24, 2.45) is 5.73 Å². The second-order valence-corrected chi connectivity index (χ2v) is 3.90. The van der Waals surface area contributed by atoms with E-state index in [2.05, 4.69) is 14.9 Å². The summed E-state index contributed by atoms with van der Waals surface area (Å²) in [4.78, 5) is 9.93. The molecule has 0 saturated carbocycles. The highest BCUT2D eigenvalue weighted by atomic mass is 19.1. The molecule has 0 radical (unpaired) electrons. The van der Waals surface area contributed by atoms with Crippen LogP contribution in [0.25, 0.3) is 0 Å². The topological polar surface area (TPSA) is 55.0 Å². The predicted octanol–water partition coefficient (Wildman–Crippen LogP) is 0.348. The van der Waals surface area contributed by atoms with Gasteiger partial charge in [0, 0.05) is 43.6 Å². The number of hydrogen-bond donors (Lipinski definition) is 1. The van der Waals surface area contributed by atoms with Gasteiger partial charge in [0.15, 0.2) is 0 Å². The van der Waals surface area contributed by atoms with Crippen LogP contribution in [0.15, 0.2) is 18.7 Å². The summed E-state index contributed by atoms with van der Waals surface area (Å²) in [6.45, 7) is 1.66. The van der Waals surface area contributed by atoms with Crippen LogP contribution in [-0.4, -0.2) is 40.2 Å². The maximum Gasteiger partial charge on any atom is 0.115 e. The van der Waals surface area contributed by atoms with Crippen LogP contribution in [0, 0.1) is 0 Å². The van der Waals surface area contributed by atoms with E-state index in [0.717, 1.165) is 5.56 Å². The largest absolute Gasteiger partial charge is 0.329 e. The third kappa shape index (κ3) is 2.49. The van der Waals surface area contributed by atoms with E-state index in [9.17, 15) is 4.39 Å². The molecule has 1 saturated heterocycles. The van der Waals surface area contributed by atoms with Crippen LogP contribution in [0.2, 0.25) is 0 Å². The average Bonchev–Trinajstić information content (AvgIpc) is 2.60. The van der Waals surface area contributed by atoms with Crippen molar-refractivity contribution >= 4 is 0 Å². The predicted molar refractivity (Wildman–Crippen MR) is 54.8 cm³/mol. The van der Waals surface area contributed by atoms with E-state index in [-0.39, 0.29) is 6.04 Å². The summed E-state index contributed by atoms with van der Waals surface area (Å²) in [5, 5.41) is 0. The second kappa shape index (κ2) is 4.63. The zero-order chi connectivity index (χ0) is 10.7. The quantitative estimate of drug-likeness (QED) is 0.782. The van der Waals surface area contributed by atoms with Gasteiger partial charge in [-0.3, -0.25) is 4.90 Å². The first-order chi connectivity index (χ1) is 7.29. The normalized spacial score (nSPS) is 27.1. The Morgan fingerprint density at radius 3 is 2.87 bits per heavy atom. The van der Waals surface area contributed by atoms with Gasteiger partial charge in [-0.15, -0.1) is 0 Å². The lowest BCUT2D eigenvalue weighted by molar-refractivity contribution is 0.238. The van der Waals surface area contributed by atoms with E-state index in [1.54, 1.807) is 12.4 Å². The molecule has 4 nitrogen and oxygen atoms in total. The zero-order valence-corrected chi connectivity index (χ0v) is 8.51. The number of alkyl halides is 1. The molecule has 2 heterocycles. The Bertz CT molecular complexity index is 306. The zero-order valence-electron chi connectivity index (χ0n) is 8.51. The van der Waals surface area contributed by atoms with Gasteiger partial charge in [0.05, 0.1) is 0 Å². The van der Waals surface area contributed by atoms with Gasteiger partial charge in [0.2, 0.25) is 0 Å². The van der Waals surface area contributed by atoms with E-state index in [0.29, 0.717) is 26.1 Å². The Morgan fingerprint density at radius 1 is 1.47 bits per heavy atom. The van der Waals surface area contributed by atoms with Crippen LogP contribution < -0.4 is 5.73 Å². The van der Waals surface area contributed by atoms with Crippen LogP contribution in [0.3, 0.4) is 0 Å². The van der Waals surface area contributed by atoms with Gasteiger partial charge in [0.1, 0.15) is 12.5 Å². The Labute approximate surface area is 88.3 Å². The molecule has 0 bridgehead atoms. The number of likely N-dealkylation sites (tertiary alicyclic amines) is 1. The molecule has 1 aromatic heterocycles.